The molecular formula is C15H17N5. The van der Waals surface area contributed by atoms with Crippen molar-refractivity contribution < 1.29 is 0 Å². The lowest BCUT2D eigenvalue weighted by molar-refractivity contribution is 0.638. The predicted octanol–water partition coefficient (Wildman–Crippen LogP) is 2.17. The van der Waals surface area contributed by atoms with E-state index < -0.39 is 0 Å². The Labute approximate surface area is 117 Å². The molecular weight excluding hydrogens is 250 g/mol. The first-order valence-corrected chi connectivity index (χ1v) is 6.64. The lowest BCUT2D eigenvalue weighted by Gasteiger charge is -2.10. The predicted molar refractivity (Wildman–Crippen MR) is 80.0 cm³/mol. The van der Waals surface area contributed by atoms with Crippen molar-refractivity contribution in [2.75, 3.05) is 5.73 Å². The van der Waals surface area contributed by atoms with Crippen molar-refractivity contribution in [3.63, 3.8) is 0 Å². The Kier molecular flexibility index (Phi) is 3.35. The Morgan fingerprint density at radius 1 is 1.05 bits per heavy atom. The molecule has 1 aromatic carbocycles. The van der Waals surface area contributed by atoms with Gasteiger partial charge in [0.2, 0.25) is 0 Å². The summed E-state index contributed by atoms with van der Waals surface area (Å²) in [5, 5.41) is 0. The van der Waals surface area contributed by atoms with E-state index in [9.17, 15) is 0 Å². The van der Waals surface area contributed by atoms with Gasteiger partial charge >= 0.3 is 0 Å². The Morgan fingerprint density at radius 3 is 2.65 bits per heavy atom. The first-order chi connectivity index (χ1) is 9.72. The third kappa shape index (κ3) is 2.62. The number of anilines is 1. The molecule has 1 atom stereocenters. The molecule has 0 amide bonds. The van der Waals surface area contributed by atoms with Crippen molar-refractivity contribution in [3.8, 4) is 0 Å². The van der Waals surface area contributed by atoms with Crippen molar-refractivity contribution in [1.29, 1.82) is 0 Å². The highest BCUT2D eigenvalue weighted by molar-refractivity contribution is 5.72. The first kappa shape index (κ1) is 12.6. The molecule has 3 rings (SSSR count). The fraction of sp³-hybridized carbons (Fsp3) is 0.200. The van der Waals surface area contributed by atoms with Gasteiger partial charge in [0, 0.05) is 12.5 Å². The fourth-order valence-electron chi connectivity index (χ4n) is 2.23. The second kappa shape index (κ2) is 5.30. The van der Waals surface area contributed by atoms with Crippen molar-refractivity contribution in [1.82, 2.24) is 15.0 Å². The van der Waals surface area contributed by atoms with Gasteiger partial charge in [-0.3, -0.25) is 0 Å². The van der Waals surface area contributed by atoms with Crippen LogP contribution in [-0.2, 0) is 6.42 Å². The van der Waals surface area contributed by atoms with Crippen LogP contribution in [0.25, 0.3) is 11.2 Å². The standard InChI is InChI=1S/C15H17N5/c16-11(10-4-2-1-3-5-10)6-9-14-18-12-7-8-13(17)19-15(12)20-14/h1-5,7-8,11H,6,9,16H2,(H3,17,18,19,20). The number of pyridine rings is 1. The van der Waals surface area contributed by atoms with Crippen LogP contribution in [-0.4, -0.2) is 15.0 Å². The summed E-state index contributed by atoms with van der Waals surface area (Å²) in [6.07, 6.45) is 1.62. The topological polar surface area (TPSA) is 93.6 Å². The lowest BCUT2D eigenvalue weighted by Crippen LogP contribution is -2.11. The molecule has 1 unspecified atom stereocenters. The van der Waals surface area contributed by atoms with Gasteiger partial charge in [-0.15, -0.1) is 0 Å². The van der Waals surface area contributed by atoms with Crippen molar-refractivity contribution >= 4 is 17.0 Å². The van der Waals surface area contributed by atoms with Crippen LogP contribution in [0.5, 0.6) is 0 Å². The van der Waals surface area contributed by atoms with Crippen LogP contribution in [0.3, 0.4) is 0 Å². The number of benzene rings is 1. The molecule has 5 N–H and O–H groups in total. The van der Waals surface area contributed by atoms with Crippen LogP contribution < -0.4 is 11.5 Å². The molecule has 0 bridgehead atoms. The highest BCUT2D eigenvalue weighted by Gasteiger charge is 2.09. The number of fused-ring (bicyclic) bond motifs is 1. The van der Waals surface area contributed by atoms with Crippen LogP contribution in [0, 0.1) is 0 Å². The highest BCUT2D eigenvalue weighted by Crippen LogP contribution is 2.17. The summed E-state index contributed by atoms with van der Waals surface area (Å²) >= 11 is 0. The monoisotopic (exact) mass is 267 g/mol. The molecule has 5 nitrogen and oxygen atoms in total. The molecule has 0 aliphatic rings. The van der Waals surface area contributed by atoms with Gasteiger partial charge < -0.3 is 16.5 Å². The fourth-order valence-corrected chi connectivity index (χ4v) is 2.23. The average molecular weight is 267 g/mol. The number of aromatic nitrogens is 3. The van der Waals surface area contributed by atoms with Gasteiger partial charge in [-0.05, 0) is 24.1 Å². The Hall–Kier alpha value is -2.40. The van der Waals surface area contributed by atoms with E-state index in [4.69, 9.17) is 11.5 Å². The summed E-state index contributed by atoms with van der Waals surface area (Å²) in [4.78, 5) is 11.9. The van der Waals surface area contributed by atoms with E-state index in [1.807, 2.05) is 36.4 Å². The number of nitrogens with one attached hydrogen (secondary N) is 1. The van der Waals surface area contributed by atoms with Crippen LogP contribution in [0.1, 0.15) is 23.9 Å². The van der Waals surface area contributed by atoms with Crippen molar-refractivity contribution in [2.45, 2.75) is 18.9 Å². The van der Waals surface area contributed by atoms with E-state index in [0.717, 1.165) is 29.7 Å². The van der Waals surface area contributed by atoms with Gasteiger partial charge in [-0.2, -0.15) is 0 Å². The van der Waals surface area contributed by atoms with Crippen LogP contribution in [0.4, 0.5) is 5.82 Å². The number of H-pyrrole nitrogens is 1. The van der Waals surface area contributed by atoms with E-state index >= 15 is 0 Å². The molecule has 0 saturated heterocycles. The lowest BCUT2D eigenvalue weighted by atomic mass is 10.0. The smallest absolute Gasteiger partial charge is 0.179 e. The zero-order valence-electron chi connectivity index (χ0n) is 11.1. The Bertz CT molecular complexity index is 705. The van der Waals surface area contributed by atoms with E-state index in [0.29, 0.717) is 11.5 Å². The summed E-state index contributed by atoms with van der Waals surface area (Å²) in [6, 6.07) is 13.8. The van der Waals surface area contributed by atoms with Gasteiger partial charge in [-0.1, -0.05) is 30.3 Å². The van der Waals surface area contributed by atoms with Crippen LogP contribution in [0.15, 0.2) is 42.5 Å². The van der Waals surface area contributed by atoms with Crippen LogP contribution >= 0.6 is 0 Å². The second-order valence-corrected chi connectivity index (χ2v) is 4.85. The first-order valence-electron chi connectivity index (χ1n) is 6.64. The SMILES string of the molecule is Nc1ccc2[nH]c(CCC(N)c3ccccc3)nc2n1. The number of hydrogen-bond donors (Lipinski definition) is 3. The number of aromatic amines is 1. The Morgan fingerprint density at radius 2 is 1.85 bits per heavy atom. The molecule has 0 spiro atoms. The summed E-state index contributed by atoms with van der Waals surface area (Å²) in [5.74, 6) is 1.38. The highest BCUT2D eigenvalue weighted by atomic mass is 15.0. The maximum atomic E-state index is 6.18. The largest absolute Gasteiger partial charge is 0.384 e. The zero-order chi connectivity index (χ0) is 13.9. The third-order valence-corrected chi connectivity index (χ3v) is 3.34. The number of hydrogen-bond acceptors (Lipinski definition) is 4. The summed E-state index contributed by atoms with van der Waals surface area (Å²) in [6.45, 7) is 0. The van der Waals surface area contributed by atoms with E-state index in [1.165, 1.54) is 0 Å². The van der Waals surface area contributed by atoms with Gasteiger partial charge in [0.1, 0.15) is 11.6 Å². The summed E-state index contributed by atoms with van der Waals surface area (Å²) < 4.78 is 0. The molecule has 5 heteroatoms. The number of aryl methyl sites for hydroxylation is 1. The molecule has 0 fully saturated rings. The quantitative estimate of drug-likeness (QED) is 0.675. The molecule has 0 radical (unpaired) electrons. The van der Waals surface area contributed by atoms with Gasteiger partial charge in [-0.25, -0.2) is 9.97 Å². The van der Waals surface area contributed by atoms with Crippen molar-refractivity contribution in [3.05, 3.63) is 53.9 Å². The second-order valence-electron chi connectivity index (χ2n) is 4.85. The minimum Gasteiger partial charge on any atom is -0.384 e. The van der Waals surface area contributed by atoms with Gasteiger partial charge in [0.25, 0.3) is 0 Å². The number of nitrogens with zero attached hydrogens (tertiary/aromatic N) is 2. The molecule has 2 heterocycles. The van der Waals surface area contributed by atoms with E-state index in [-0.39, 0.29) is 6.04 Å². The molecule has 0 saturated carbocycles. The Balaban J connectivity index is 1.71. The molecule has 20 heavy (non-hydrogen) atoms. The molecule has 0 aliphatic heterocycles. The van der Waals surface area contributed by atoms with Gasteiger partial charge in [0.15, 0.2) is 5.65 Å². The van der Waals surface area contributed by atoms with Gasteiger partial charge in [0.05, 0.1) is 5.52 Å². The maximum absolute atomic E-state index is 6.18. The van der Waals surface area contributed by atoms with E-state index in [2.05, 4.69) is 15.0 Å². The number of rotatable bonds is 4. The normalized spacial score (nSPS) is 12.7. The number of nitrogens with two attached hydrogens (primary N) is 2. The van der Waals surface area contributed by atoms with E-state index in [1.54, 1.807) is 6.07 Å². The number of nitrogen functional groups attached to an aromatic ring is 1. The minimum absolute atomic E-state index is 0.0161. The average Bonchev–Trinajstić information content (AvgIpc) is 2.87. The van der Waals surface area contributed by atoms with Crippen molar-refractivity contribution in [2.24, 2.45) is 5.73 Å². The molecule has 0 aliphatic carbocycles. The maximum Gasteiger partial charge on any atom is 0.179 e. The molecule has 102 valence electrons. The zero-order valence-corrected chi connectivity index (χ0v) is 11.1. The third-order valence-electron chi connectivity index (χ3n) is 3.34. The number of imidazole rings is 1. The van der Waals surface area contributed by atoms with Crippen LogP contribution in [0.2, 0.25) is 0 Å². The minimum atomic E-state index is 0.0161. The molecule has 2 aromatic heterocycles. The molecule has 3 aromatic rings. The summed E-state index contributed by atoms with van der Waals surface area (Å²) in [7, 11) is 0. The summed E-state index contributed by atoms with van der Waals surface area (Å²) in [5.41, 5.74) is 14.5.